The van der Waals surface area contributed by atoms with Crippen LogP contribution in [0, 0.1) is 17.0 Å². The van der Waals surface area contributed by atoms with Gasteiger partial charge in [0.1, 0.15) is 0 Å². The summed E-state index contributed by atoms with van der Waals surface area (Å²) in [7, 11) is 0. The lowest BCUT2D eigenvalue weighted by atomic mass is 10.1. The third kappa shape index (κ3) is 4.42. The maximum absolute atomic E-state index is 12.9. The van der Waals surface area contributed by atoms with Gasteiger partial charge in [0, 0.05) is 23.4 Å². The Morgan fingerprint density at radius 3 is 2.46 bits per heavy atom. The van der Waals surface area contributed by atoms with E-state index in [1.54, 1.807) is 36.4 Å². The predicted molar refractivity (Wildman–Crippen MR) is 102 cm³/mol. The van der Waals surface area contributed by atoms with Gasteiger partial charge in [0.2, 0.25) is 5.78 Å². The number of carbonyl (C=O) groups is 2. The van der Waals surface area contributed by atoms with Gasteiger partial charge in [0.25, 0.3) is 11.6 Å². The van der Waals surface area contributed by atoms with E-state index in [4.69, 9.17) is 4.42 Å². The first-order chi connectivity index (χ1) is 13.4. The molecule has 0 spiro atoms. The van der Waals surface area contributed by atoms with Crippen LogP contribution >= 0.6 is 0 Å². The fourth-order valence-electron chi connectivity index (χ4n) is 2.54. The average Bonchev–Trinajstić information content (AvgIpc) is 3.22. The molecule has 0 unspecified atom stereocenters. The number of Topliss-reactive ketones (excluding diaryl/α,β-unsaturated/α-hetero) is 1. The molecule has 2 N–H and O–H groups in total. The molecule has 1 heterocycles. The third-order valence-corrected chi connectivity index (χ3v) is 3.99. The van der Waals surface area contributed by atoms with E-state index in [1.807, 2.05) is 6.92 Å². The number of rotatable bonds is 7. The largest absolute Gasteiger partial charge is 0.459 e. The van der Waals surface area contributed by atoms with Crippen LogP contribution in [0.3, 0.4) is 0 Å². The fourth-order valence-corrected chi connectivity index (χ4v) is 2.54. The van der Waals surface area contributed by atoms with Crippen LogP contribution in [0.1, 0.15) is 26.5 Å². The Balaban J connectivity index is 1.88. The van der Waals surface area contributed by atoms with Gasteiger partial charge in [0.15, 0.2) is 11.9 Å². The molecule has 8 heteroatoms. The van der Waals surface area contributed by atoms with Crippen LogP contribution in [0.15, 0.2) is 71.3 Å². The van der Waals surface area contributed by atoms with E-state index in [1.165, 1.54) is 30.5 Å². The minimum atomic E-state index is -1.15. The van der Waals surface area contributed by atoms with Gasteiger partial charge in [-0.15, -0.1) is 0 Å². The van der Waals surface area contributed by atoms with Crippen LogP contribution in [-0.2, 0) is 0 Å². The molecule has 1 atom stereocenters. The summed E-state index contributed by atoms with van der Waals surface area (Å²) in [5.41, 5.74) is 1.55. The second kappa shape index (κ2) is 8.17. The van der Waals surface area contributed by atoms with Crippen LogP contribution < -0.4 is 10.6 Å². The Morgan fingerprint density at radius 1 is 1.07 bits per heavy atom. The molecule has 0 bridgehead atoms. The van der Waals surface area contributed by atoms with Gasteiger partial charge in [0.05, 0.1) is 11.2 Å². The smallest absolute Gasteiger partial charge is 0.288 e. The van der Waals surface area contributed by atoms with E-state index in [-0.39, 0.29) is 11.4 Å². The Labute approximate surface area is 160 Å². The first-order valence-electron chi connectivity index (χ1n) is 8.40. The van der Waals surface area contributed by atoms with E-state index in [0.29, 0.717) is 11.3 Å². The molecule has 0 saturated heterocycles. The SMILES string of the molecule is Cc1ccc(C(=O)[C@@H](NC(=O)c2ccco2)Nc2cccc([N+](=O)[O-])c2)cc1. The molecular weight excluding hydrogens is 362 g/mol. The number of nitro benzene ring substituents is 1. The molecule has 0 saturated carbocycles. The molecule has 0 fully saturated rings. The van der Waals surface area contributed by atoms with Crippen molar-refractivity contribution in [1.82, 2.24) is 5.32 Å². The maximum Gasteiger partial charge on any atom is 0.288 e. The number of amides is 1. The summed E-state index contributed by atoms with van der Waals surface area (Å²) in [6.45, 7) is 1.89. The summed E-state index contributed by atoms with van der Waals surface area (Å²) in [5.74, 6) is -0.942. The molecule has 1 aromatic heterocycles. The highest BCUT2D eigenvalue weighted by atomic mass is 16.6. The highest BCUT2D eigenvalue weighted by molar-refractivity contribution is 6.04. The number of nitrogens with one attached hydrogen (secondary N) is 2. The van der Waals surface area contributed by atoms with Crippen molar-refractivity contribution in [3.05, 3.63) is 93.9 Å². The molecule has 0 aliphatic heterocycles. The van der Waals surface area contributed by atoms with Crippen LogP contribution in [0.2, 0.25) is 0 Å². The van der Waals surface area contributed by atoms with Crippen molar-refractivity contribution in [3.63, 3.8) is 0 Å². The van der Waals surface area contributed by atoms with Gasteiger partial charge in [-0.2, -0.15) is 0 Å². The summed E-state index contributed by atoms with van der Waals surface area (Å²) >= 11 is 0. The second-order valence-electron chi connectivity index (χ2n) is 6.07. The molecule has 8 nitrogen and oxygen atoms in total. The highest BCUT2D eigenvalue weighted by Gasteiger charge is 2.24. The van der Waals surface area contributed by atoms with Crippen LogP contribution in [0.25, 0.3) is 0 Å². The standard InChI is InChI=1S/C20H17N3O5/c1-13-7-9-14(10-8-13)18(24)19(22-20(25)17-6-3-11-28-17)21-15-4-2-5-16(12-15)23(26)27/h2-12,19,21H,1H3,(H,22,25)/t19-/m1/s1. The van der Waals surface area contributed by atoms with Crippen molar-refractivity contribution in [3.8, 4) is 0 Å². The Hall–Kier alpha value is -3.94. The number of nitro groups is 1. The van der Waals surface area contributed by atoms with Crippen molar-refractivity contribution in [2.45, 2.75) is 13.1 Å². The normalized spacial score (nSPS) is 11.5. The van der Waals surface area contributed by atoms with E-state index in [0.717, 1.165) is 5.56 Å². The maximum atomic E-state index is 12.9. The highest BCUT2D eigenvalue weighted by Crippen LogP contribution is 2.18. The monoisotopic (exact) mass is 379 g/mol. The van der Waals surface area contributed by atoms with E-state index in [9.17, 15) is 19.7 Å². The lowest BCUT2D eigenvalue weighted by Crippen LogP contribution is -2.46. The van der Waals surface area contributed by atoms with Crippen molar-refractivity contribution in [2.24, 2.45) is 0 Å². The lowest BCUT2D eigenvalue weighted by molar-refractivity contribution is -0.384. The predicted octanol–water partition coefficient (Wildman–Crippen LogP) is 3.55. The Kier molecular flexibility index (Phi) is 5.50. The van der Waals surface area contributed by atoms with Gasteiger partial charge in [-0.05, 0) is 25.1 Å². The van der Waals surface area contributed by atoms with Crippen LogP contribution in [0.5, 0.6) is 0 Å². The molecule has 0 aliphatic carbocycles. The lowest BCUT2D eigenvalue weighted by Gasteiger charge is -2.20. The third-order valence-electron chi connectivity index (χ3n) is 3.99. The number of furan rings is 1. The molecule has 28 heavy (non-hydrogen) atoms. The van der Waals surface area contributed by atoms with Crippen molar-refractivity contribution >= 4 is 23.1 Å². The van der Waals surface area contributed by atoms with Gasteiger partial charge < -0.3 is 15.1 Å². The molecule has 142 valence electrons. The van der Waals surface area contributed by atoms with E-state index in [2.05, 4.69) is 10.6 Å². The van der Waals surface area contributed by atoms with Gasteiger partial charge in [-0.25, -0.2) is 0 Å². The zero-order chi connectivity index (χ0) is 20.1. The minimum Gasteiger partial charge on any atom is -0.459 e. The van der Waals surface area contributed by atoms with Crippen LogP contribution in [0.4, 0.5) is 11.4 Å². The Bertz CT molecular complexity index is 997. The van der Waals surface area contributed by atoms with Gasteiger partial charge >= 0.3 is 0 Å². The Morgan fingerprint density at radius 2 is 1.82 bits per heavy atom. The summed E-state index contributed by atoms with van der Waals surface area (Å²) in [6, 6.07) is 15.6. The number of aryl methyl sites for hydroxylation is 1. The molecule has 3 aromatic rings. The summed E-state index contributed by atoms with van der Waals surface area (Å²) in [6.07, 6.45) is 0.196. The van der Waals surface area contributed by atoms with E-state index >= 15 is 0 Å². The number of hydrogen-bond acceptors (Lipinski definition) is 6. The van der Waals surface area contributed by atoms with Gasteiger partial charge in [-0.1, -0.05) is 35.9 Å². The molecular formula is C20H17N3O5. The van der Waals surface area contributed by atoms with Crippen molar-refractivity contribution < 1.29 is 18.9 Å². The number of carbonyl (C=O) groups excluding carboxylic acids is 2. The zero-order valence-corrected chi connectivity index (χ0v) is 14.9. The summed E-state index contributed by atoms with van der Waals surface area (Å²) in [4.78, 5) is 35.8. The number of non-ortho nitro benzene ring substituents is 1. The first-order valence-corrected chi connectivity index (χ1v) is 8.40. The summed E-state index contributed by atoms with van der Waals surface area (Å²) < 4.78 is 5.06. The number of hydrogen-bond donors (Lipinski definition) is 2. The molecule has 0 radical (unpaired) electrons. The minimum absolute atomic E-state index is 0.0440. The van der Waals surface area contributed by atoms with Crippen molar-refractivity contribution in [2.75, 3.05) is 5.32 Å². The van der Waals surface area contributed by atoms with Crippen molar-refractivity contribution in [1.29, 1.82) is 0 Å². The second-order valence-corrected chi connectivity index (χ2v) is 6.07. The first kappa shape index (κ1) is 18.8. The number of benzene rings is 2. The molecule has 0 aliphatic rings. The average molecular weight is 379 g/mol. The zero-order valence-electron chi connectivity index (χ0n) is 14.9. The summed E-state index contributed by atoms with van der Waals surface area (Å²) in [5, 5.41) is 16.4. The quantitative estimate of drug-likeness (QED) is 0.281. The topological polar surface area (TPSA) is 114 Å². The fraction of sp³-hybridized carbons (Fsp3) is 0.100. The van der Waals surface area contributed by atoms with Crippen LogP contribution in [-0.4, -0.2) is 22.8 Å². The van der Waals surface area contributed by atoms with Gasteiger partial charge in [-0.3, -0.25) is 19.7 Å². The van der Waals surface area contributed by atoms with E-state index < -0.39 is 22.8 Å². The molecule has 3 rings (SSSR count). The number of ketones is 1. The number of anilines is 1. The molecule has 1 amide bonds. The molecule has 2 aromatic carbocycles. The number of nitrogens with zero attached hydrogens (tertiary/aromatic N) is 1.